The van der Waals surface area contributed by atoms with Gasteiger partial charge in [0.1, 0.15) is 17.1 Å². The topological polar surface area (TPSA) is 82.3 Å². The van der Waals surface area contributed by atoms with Gasteiger partial charge >= 0.3 is 4.87 Å². The Morgan fingerprint density at radius 2 is 2.09 bits per heavy atom. The minimum Gasteiger partial charge on any atom is -0.322 e. The highest BCUT2D eigenvalue weighted by molar-refractivity contribution is 7.07. The summed E-state index contributed by atoms with van der Waals surface area (Å²) in [5.74, 6) is -1.26. The van der Waals surface area contributed by atoms with Crippen molar-refractivity contribution >= 4 is 34.5 Å². The molecular weight excluding hydrogens is 321 g/mol. The molecule has 0 radical (unpaired) electrons. The second-order valence-electron chi connectivity index (χ2n) is 5.70. The number of carbonyl (C=O) groups is 2. The number of thiazole rings is 1. The highest BCUT2D eigenvalue weighted by Gasteiger charge is 2.55. The lowest BCUT2D eigenvalue weighted by Gasteiger charge is -2.51. The van der Waals surface area contributed by atoms with E-state index in [0.717, 1.165) is 17.8 Å². The van der Waals surface area contributed by atoms with Crippen LogP contribution in [0, 0.1) is 5.82 Å². The van der Waals surface area contributed by atoms with Crippen LogP contribution in [0.2, 0.25) is 0 Å². The van der Waals surface area contributed by atoms with Crippen LogP contribution in [-0.2, 0) is 4.79 Å². The van der Waals surface area contributed by atoms with Gasteiger partial charge in [-0.15, -0.1) is 0 Å². The van der Waals surface area contributed by atoms with Gasteiger partial charge in [0.15, 0.2) is 0 Å². The minimum absolute atomic E-state index is 0.135. The van der Waals surface area contributed by atoms with E-state index in [-0.39, 0.29) is 22.2 Å². The van der Waals surface area contributed by atoms with Gasteiger partial charge in [-0.3, -0.25) is 19.3 Å². The zero-order valence-corrected chi connectivity index (χ0v) is 12.7. The third-order valence-corrected chi connectivity index (χ3v) is 5.10. The molecule has 8 heteroatoms. The lowest BCUT2D eigenvalue weighted by Crippen LogP contribution is -2.65. The van der Waals surface area contributed by atoms with Crippen LogP contribution in [0.15, 0.2) is 28.4 Å². The summed E-state index contributed by atoms with van der Waals surface area (Å²) < 4.78 is 13.5. The van der Waals surface area contributed by atoms with E-state index in [2.05, 4.69) is 10.3 Å². The lowest BCUT2D eigenvalue weighted by atomic mass is 9.72. The van der Waals surface area contributed by atoms with Gasteiger partial charge in [-0.05, 0) is 37.5 Å². The van der Waals surface area contributed by atoms with Crippen molar-refractivity contribution in [2.75, 3.05) is 10.2 Å². The van der Waals surface area contributed by atoms with E-state index in [1.54, 1.807) is 0 Å². The molecule has 4 rings (SSSR count). The van der Waals surface area contributed by atoms with E-state index in [0.29, 0.717) is 18.5 Å². The Balaban J connectivity index is 1.88. The van der Waals surface area contributed by atoms with Crippen LogP contribution in [0.25, 0.3) is 0 Å². The molecule has 2 N–H and O–H groups in total. The van der Waals surface area contributed by atoms with Gasteiger partial charge in [-0.1, -0.05) is 11.3 Å². The van der Waals surface area contributed by atoms with Crippen LogP contribution in [0.3, 0.4) is 0 Å². The van der Waals surface area contributed by atoms with Gasteiger partial charge in [0.2, 0.25) is 0 Å². The van der Waals surface area contributed by atoms with Crippen molar-refractivity contribution in [3.63, 3.8) is 0 Å². The number of benzene rings is 1. The number of amides is 2. The third kappa shape index (κ3) is 1.94. The number of aromatic nitrogens is 1. The molecule has 1 aliphatic heterocycles. The normalized spacial score (nSPS) is 18.3. The SMILES string of the molecule is O=C(c1csc(=O)[nH]1)N1c2ccc(F)cc2NC(=O)C12CCC2. The molecule has 1 saturated carbocycles. The van der Waals surface area contributed by atoms with E-state index < -0.39 is 17.3 Å². The molecule has 1 spiro atoms. The number of fused-ring (bicyclic) bond motifs is 1. The van der Waals surface area contributed by atoms with Gasteiger partial charge < -0.3 is 10.3 Å². The number of nitrogens with one attached hydrogen (secondary N) is 2. The van der Waals surface area contributed by atoms with Crippen molar-refractivity contribution in [2.45, 2.75) is 24.8 Å². The van der Waals surface area contributed by atoms with Gasteiger partial charge in [-0.2, -0.15) is 0 Å². The Morgan fingerprint density at radius 3 is 2.70 bits per heavy atom. The molecule has 2 aliphatic rings. The number of H-pyrrole nitrogens is 1. The molecule has 118 valence electrons. The van der Waals surface area contributed by atoms with Gasteiger partial charge in [0.05, 0.1) is 11.4 Å². The van der Waals surface area contributed by atoms with Crippen LogP contribution in [0.5, 0.6) is 0 Å². The fourth-order valence-electron chi connectivity index (χ4n) is 3.15. The molecular formula is C15H12FN3O3S. The predicted octanol–water partition coefficient (Wildman–Crippen LogP) is 2.10. The molecule has 1 aliphatic carbocycles. The van der Waals surface area contributed by atoms with Crippen molar-refractivity contribution in [1.29, 1.82) is 0 Å². The van der Waals surface area contributed by atoms with Crippen molar-refractivity contribution in [3.8, 4) is 0 Å². The zero-order valence-electron chi connectivity index (χ0n) is 11.9. The van der Waals surface area contributed by atoms with Crippen molar-refractivity contribution in [1.82, 2.24) is 4.98 Å². The maximum absolute atomic E-state index is 13.5. The summed E-state index contributed by atoms with van der Waals surface area (Å²) >= 11 is 0.888. The number of aromatic amines is 1. The summed E-state index contributed by atoms with van der Waals surface area (Å²) in [4.78, 5) is 40.3. The maximum atomic E-state index is 13.5. The molecule has 0 unspecified atom stereocenters. The van der Waals surface area contributed by atoms with E-state index in [1.165, 1.54) is 28.5 Å². The Bertz CT molecular complexity index is 884. The summed E-state index contributed by atoms with van der Waals surface area (Å²) in [5.41, 5.74) is -0.113. The lowest BCUT2D eigenvalue weighted by molar-refractivity contribution is -0.124. The van der Waals surface area contributed by atoms with Crippen LogP contribution in [-0.4, -0.2) is 22.3 Å². The molecule has 1 fully saturated rings. The molecule has 2 aromatic rings. The van der Waals surface area contributed by atoms with Gasteiger partial charge in [-0.25, -0.2) is 4.39 Å². The number of hydrogen-bond acceptors (Lipinski definition) is 4. The first-order chi connectivity index (χ1) is 11.0. The minimum atomic E-state index is -0.958. The summed E-state index contributed by atoms with van der Waals surface area (Å²) in [6, 6.07) is 3.92. The summed E-state index contributed by atoms with van der Waals surface area (Å²) in [5, 5.41) is 4.13. The highest BCUT2D eigenvalue weighted by Crippen LogP contribution is 2.47. The third-order valence-electron chi connectivity index (χ3n) is 4.43. The van der Waals surface area contributed by atoms with E-state index in [9.17, 15) is 18.8 Å². The molecule has 23 heavy (non-hydrogen) atoms. The second-order valence-corrected chi connectivity index (χ2v) is 6.55. The molecule has 6 nitrogen and oxygen atoms in total. The second kappa shape index (κ2) is 4.76. The van der Waals surface area contributed by atoms with Crippen LogP contribution in [0.1, 0.15) is 29.8 Å². The Morgan fingerprint density at radius 1 is 1.30 bits per heavy atom. The smallest absolute Gasteiger partial charge is 0.305 e. The summed E-state index contributed by atoms with van der Waals surface area (Å²) in [6.45, 7) is 0. The van der Waals surface area contributed by atoms with Gasteiger partial charge in [0.25, 0.3) is 11.8 Å². The number of carbonyl (C=O) groups excluding carboxylic acids is 2. The Kier molecular flexibility index (Phi) is 2.92. The van der Waals surface area contributed by atoms with Crippen molar-refractivity contribution < 1.29 is 14.0 Å². The van der Waals surface area contributed by atoms with Crippen LogP contribution in [0.4, 0.5) is 15.8 Å². The van der Waals surface area contributed by atoms with E-state index >= 15 is 0 Å². The first-order valence-electron chi connectivity index (χ1n) is 7.15. The maximum Gasteiger partial charge on any atom is 0.305 e. The largest absolute Gasteiger partial charge is 0.322 e. The molecule has 1 aromatic heterocycles. The van der Waals surface area contributed by atoms with Crippen molar-refractivity contribution in [2.24, 2.45) is 0 Å². The number of anilines is 2. The average Bonchev–Trinajstić information content (AvgIpc) is 2.89. The highest BCUT2D eigenvalue weighted by atomic mass is 32.1. The number of halogens is 1. The number of nitrogens with zero attached hydrogens (tertiary/aromatic N) is 1. The first kappa shape index (κ1) is 14.1. The molecule has 0 bridgehead atoms. The molecule has 2 amide bonds. The predicted molar refractivity (Wildman–Crippen MR) is 83.4 cm³/mol. The molecule has 2 heterocycles. The van der Waals surface area contributed by atoms with Crippen molar-refractivity contribution in [3.05, 3.63) is 44.8 Å². The number of hydrogen-bond donors (Lipinski definition) is 2. The summed E-state index contributed by atoms with van der Waals surface area (Å²) in [7, 11) is 0. The Hall–Kier alpha value is -2.48. The zero-order chi connectivity index (χ0) is 16.2. The number of rotatable bonds is 1. The Labute approximate surface area is 133 Å². The fraction of sp³-hybridized carbons (Fsp3) is 0.267. The van der Waals surface area contributed by atoms with Crippen LogP contribution < -0.4 is 15.1 Å². The van der Waals surface area contributed by atoms with E-state index in [4.69, 9.17) is 0 Å². The monoisotopic (exact) mass is 333 g/mol. The standard InChI is InChI=1S/C15H12FN3O3S/c16-8-2-3-11-9(6-8)17-13(21)15(4-1-5-15)19(11)12(20)10-7-23-14(22)18-10/h2-3,6-7H,1,4-5H2,(H,17,21)(H,18,22). The van der Waals surface area contributed by atoms with Crippen LogP contribution >= 0.6 is 11.3 Å². The molecule has 0 atom stereocenters. The molecule has 1 aromatic carbocycles. The fourth-order valence-corrected chi connectivity index (χ4v) is 3.70. The first-order valence-corrected chi connectivity index (χ1v) is 8.03. The van der Waals surface area contributed by atoms with Gasteiger partial charge in [0, 0.05) is 5.38 Å². The average molecular weight is 333 g/mol. The summed E-state index contributed by atoms with van der Waals surface area (Å²) in [6.07, 6.45) is 1.90. The quantitative estimate of drug-likeness (QED) is 0.838. The van der Waals surface area contributed by atoms with E-state index in [1.807, 2.05) is 0 Å². The molecule has 0 saturated heterocycles.